The molecule has 0 aliphatic carbocycles. The Bertz CT molecular complexity index is 576. The van der Waals surface area contributed by atoms with Crippen molar-refractivity contribution < 1.29 is 17.9 Å². The number of carbonyl (C=O) groups excluding carboxylic acids is 1. The van der Waals surface area contributed by atoms with E-state index in [1.165, 1.54) is 4.31 Å². The number of aromatic nitrogens is 2. The summed E-state index contributed by atoms with van der Waals surface area (Å²) >= 11 is 1.06. The molecule has 0 amide bonds. The molecule has 112 valence electrons. The van der Waals surface area contributed by atoms with Crippen molar-refractivity contribution >= 4 is 27.3 Å². The molecule has 0 radical (unpaired) electrons. The second kappa shape index (κ2) is 6.15. The van der Waals surface area contributed by atoms with E-state index in [1.54, 1.807) is 13.8 Å². The van der Waals surface area contributed by atoms with Crippen molar-refractivity contribution in [1.29, 1.82) is 0 Å². The first kappa shape index (κ1) is 15.3. The molecule has 9 heteroatoms. The van der Waals surface area contributed by atoms with Crippen LogP contribution < -0.4 is 0 Å². The lowest BCUT2D eigenvalue weighted by Crippen LogP contribution is -2.40. The summed E-state index contributed by atoms with van der Waals surface area (Å²) in [5.74, 6) is -0.450. The minimum atomic E-state index is -3.58. The van der Waals surface area contributed by atoms with Crippen molar-refractivity contribution in [3.05, 3.63) is 5.01 Å². The minimum absolute atomic E-state index is 0.0181. The summed E-state index contributed by atoms with van der Waals surface area (Å²) in [7, 11) is -3.58. The quantitative estimate of drug-likeness (QED) is 0.763. The zero-order valence-corrected chi connectivity index (χ0v) is 13.0. The Hall–Kier alpha value is -1.06. The van der Waals surface area contributed by atoms with Gasteiger partial charge in [-0.15, -0.1) is 10.2 Å². The summed E-state index contributed by atoms with van der Waals surface area (Å²) in [5, 5.41) is 8.04. The van der Waals surface area contributed by atoms with Crippen LogP contribution in [-0.4, -0.2) is 48.6 Å². The smallest absolute Gasteiger partial charge is 0.309 e. The fourth-order valence-electron chi connectivity index (χ4n) is 2.09. The van der Waals surface area contributed by atoms with E-state index in [1.807, 2.05) is 0 Å². The van der Waals surface area contributed by atoms with Gasteiger partial charge in [0.25, 0.3) is 10.0 Å². The molecule has 1 saturated heterocycles. The van der Waals surface area contributed by atoms with Gasteiger partial charge in [-0.25, -0.2) is 8.42 Å². The van der Waals surface area contributed by atoms with Crippen LogP contribution in [0.2, 0.25) is 0 Å². The number of hydrogen-bond acceptors (Lipinski definition) is 7. The first-order valence-corrected chi connectivity index (χ1v) is 8.67. The highest BCUT2D eigenvalue weighted by molar-refractivity contribution is 7.91. The van der Waals surface area contributed by atoms with E-state index in [2.05, 4.69) is 10.2 Å². The minimum Gasteiger partial charge on any atom is -0.466 e. The third kappa shape index (κ3) is 3.15. The molecule has 1 aliphatic heterocycles. The maximum absolute atomic E-state index is 12.3. The Morgan fingerprint density at radius 2 is 2.05 bits per heavy atom. The Morgan fingerprint density at radius 3 is 2.55 bits per heavy atom. The molecule has 2 rings (SSSR count). The van der Waals surface area contributed by atoms with Gasteiger partial charge < -0.3 is 4.74 Å². The fourth-order valence-corrected chi connectivity index (χ4v) is 4.66. The molecule has 2 heterocycles. The van der Waals surface area contributed by atoms with Gasteiger partial charge in [-0.1, -0.05) is 11.3 Å². The van der Waals surface area contributed by atoms with E-state index < -0.39 is 10.0 Å². The van der Waals surface area contributed by atoms with Crippen LogP contribution in [0.3, 0.4) is 0 Å². The molecule has 0 bridgehead atoms. The second-order valence-corrected chi connectivity index (χ2v) is 7.81. The van der Waals surface area contributed by atoms with Crippen LogP contribution >= 0.6 is 11.3 Å². The van der Waals surface area contributed by atoms with Gasteiger partial charge in [0.05, 0.1) is 12.5 Å². The maximum Gasteiger partial charge on any atom is 0.309 e. The molecule has 1 aromatic heterocycles. The summed E-state index contributed by atoms with van der Waals surface area (Å²) in [4.78, 5) is 11.6. The van der Waals surface area contributed by atoms with Gasteiger partial charge in [0.2, 0.25) is 4.34 Å². The van der Waals surface area contributed by atoms with Crippen LogP contribution in [0.4, 0.5) is 0 Å². The third-order valence-electron chi connectivity index (χ3n) is 3.14. The van der Waals surface area contributed by atoms with Crippen LogP contribution in [0.1, 0.15) is 24.8 Å². The van der Waals surface area contributed by atoms with E-state index in [0.29, 0.717) is 37.5 Å². The number of carbonyl (C=O) groups is 1. The van der Waals surface area contributed by atoms with Crippen LogP contribution in [0, 0.1) is 12.8 Å². The summed E-state index contributed by atoms with van der Waals surface area (Å²) in [5.41, 5.74) is 0. The second-order valence-electron chi connectivity index (χ2n) is 4.52. The van der Waals surface area contributed by atoms with Gasteiger partial charge in [-0.2, -0.15) is 4.31 Å². The van der Waals surface area contributed by atoms with Crippen molar-refractivity contribution in [3.8, 4) is 0 Å². The Morgan fingerprint density at radius 1 is 1.40 bits per heavy atom. The predicted molar refractivity (Wildman–Crippen MR) is 72.8 cm³/mol. The SMILES string of the molecule is CCOC(=O)C1CCN(S(=O)(=O)c2nnc(C)s2)CC1. The first-order chi connectivity index (χ1) is 9.45. The Kier molecular flexibility index (Phi) is 4.71. The normalized spacial score (nSPS) is 18.1. The molecule has 0 aromatic carbocycles. The summed E-state index contributed by atoms with van der Waals surface area (Å²) in [6, 6.07) is 0. The van der Waals surface area contributed by atoms with Gasteiger partial charge in [0, 0.05) is 13.1 Å². The maximum atomic E-state index is 12.3. The number of esters is 1. The summed E-state index contributed by atoms with van der Waals surface area (Å²) in [6.07, 6.45) is 0.964. The molecule has 0 N–H and O–H groups in total. The molecule has 0 saturated carbocycles. The van der Waals surface area contributed by atoms with Crippen molar-refractivity contribution in [1.82, 2.24) is 14.5 Å². The van der Waals surface area contributed by atoms with Crippen LogP contribution in [-0.2, 0) is 19.6 Å². The fraction of sp³-hybridized carbons (Fsp3) is 0.727. The zero-order valence-electron chi connectivity index (χ0n) is 11.4. The topological polar surface area (TPSA) is 89.5 Å². The lowest BCUT2D eigenvalue weighted by molar-refractivity contribution is -0.149. The Labute approximate surface area is 122 Å². The van der Waals surface area contributed by atoms with E-state index in [-0.39, 0.29) is 16.2 Å². The number of piperidine rings is 1. The number of hydrogen-bond donors (Lipinski definition) is 0. The van der Waals surface area contributed by atoms with Crippen LogP contribution in [0.25, 0.3) is 0 Å². The van der Waals surface area contributed by atoms with E-state index >= 15 is 0 Å². The van der Waals surface area contributed by atoms with E-state index in [0.717, 1.165) is 11.3 Å². The lowest BCUT2D eigenvalue weighted by atomic mass is 9.98. The molecule has 1 fully saturated rings. The molecule has 1 aromatic rings. The molecule has 0 spiro atoms. The van der Waals surface area contributed by atoms with Crippen molar-refractivity contribution in [2.24, 2.45) is 5.92 Å². The van der Waals surface area contributed by atoms with E-state index in [4.69, 9.17) is 4.74 Å². The largest absolute Gasteiger partial charge is 0.466 e. The van der Waals surface area contributed by atoms with Crippen molar-refractivity contribution in [2.45, 2.75) is 31.0 Å². The van der Waals surface area contributed by atoms with Gasteiger partial charge in [-0.3, -0.25) is 4.79 Å². The van der Waals surface area contributed by atoms with Gasteiger partial charge >= 0.3 is 5.97 Å². The summed E-state index contributed by atoms with van der Waals surface area (Å²) in [6.45, 7) is 4.44. The van der Waals surface area contributed by atoms with Crippen molar-refractivity contribution in [3.63, 3.8) is 0 Å². The number of sulfonamides is 1. The average Bonchev–Trinajstić information content (AvgIpc) is 2.86. The molecule has 0 unspecified atom stereocenters. The highest BCUT2D eigenvalue weighted by Crippen LogP contribution is 2.25. The highest BCUT2D eigenvalue weighted by Gasteiger charge is 2.34. The summed E-state index contributed by atoms with van der Waals surface area (Å²) < 4.78 is 31.0. The van der Waals surface area contributed by atoms with Gasteiger partial charge in [-0.05, 0) is 26.7 Å². The van der Waals surface area contributed by atoms with Crippen LogP contribution in [0.5, 0.6) is 0 Å². The molecule has 7 nitrogen and oxygen atoms in total. The lowest BCUT2D eigenvalue weighted by Gasteiger charge is -2.29. The first-order valence-electron chi connectivity index (χ1n) is 6.42. The highest BCUT2D eigenvalue weighted by atomic mass is 32.2. The zero-order chi connectivity index (χ0) is 14.8. The third-order valence-corrected chi connectivity index (χ3v) is 6.23. The molecular weight excluding hydrogens is 302 g/mol. The van der Waals surface area contributed by atoms with Crippen molar-refractivity contribution in [2.75, 3.05) is 19.7 Å². The van der Waals surface area contributed by atoms with Crippen LogP contribution in [0.15, 0.2) is 4.34 Å². The average molecular weight is 319 g/mol. The number of rotatable bonds is 4. The Balaban J connectivity index is 2.02. The molecule has 0 atom stereocenters. The number of nitrogens with zero attached hydrogens (tertiary/aromatic N) is 3. The van der Waals surface area contributed by atoms with Gasteiger partial charge in [0.1, 0.15) is 5.01 Å². The molecular formula is C11H17N3O4S2. The van der Waals surface area contributed by atoms with Gasteiger partial charge in [0.15, 0.2) is 0 Å². The number of ether oxygens (including phenoxy) is 1. The standard InChI is InChI=1S/C11H17N3O4S2/c1-3-18-10(15)9-4-6-14(7-5-9)20(16,17)11-13-12-8(2)19-11/h9H,3-7H2,1-2H3. The number of aryl methyl sites for hydroxylation is 1. The predicted octanol–water partition coefficient (Wildman–Crippen LogP) is 0.810. The molecule has 1 aliphatic rings. The monoisotopic (exact) mass is 319 g/mol. The van der Waals surface area contributed by atoms with E-state index in [9.17, 15) is 13.2 Å². The molecule has 20 heavy (non-hydrogen) atoms.